The van der Waals surface area contributed by atoms with Crippen LogP contribution in [0, 0.1) is 0 Å². The van der Waals surface area contributed by atoms with E-state index in [9.17, 15) is 9.59 Å². The van der Waals surface area contributed by atoms with Gasteiger partial charge in [0.25, 0.3) is 0 Å². The summed E-state index contributed by atoms with van der Waals surface area (Å²) >= 11 is 5.09. The largest absolute Gasteiger partial charge is 0.462 e. The van der Waals surface area contributed by atoms with Gasteiger partial charge in [0.2, 0.25) is 5.91 Å². The molecular formula is C17H19BrN2O3S. The molecule has 1 heterocycles. The molecule has 1 N–H and O–H groups in total. The summed E-state index contributed by atoms with van der Waals surface area (Å²) in [6.07, 6.45) is 0. The SMILES string of the molecule is CCOC(=O)c1ccc(NC(=O)CN(C)Cc2ccc(Br)s2)cc1. The summed E-state index contributed by atoms with van der Waals surface area (Å²) in [5.74, 6) is -0.464. The molecule has 0 aliphatic carbocycles. The highest BCUT2D eigenvalue weighted by molar-refractivity contribution is 9.11. The molecule has 0 fully saturated rings. The normalized spacial score (nSPS) is 10.7. The van der Waals surface area contributed by atoms with Crippen LogP contribution in [0.5, 0.6) is 0 Å². The molecule has 1 amide bonds. The molecule has 0 atom stereocenters. The molecule has 24 heavy (non-hydrogen) atoms. The van der Waals surface area contributed by atoms with Crippen LogP contribution in [0.25, 0.3) is 0 Å². The van der Waals surface area contributed by atoms with Crippen molar-refractivity contribution in [3.63, 3.8) is 0 Å². The molecule has 0 aliphatic heterocycles. The number of hydrogen-bond donors (Lipinski definition) is 1. The predicted molar refractivity (Wildman–Crippen MR) is 99.4 cm³/mol. The van der Waals surface area contributed by atoms with Crippen LogP contribution in [0.1, 0.15) is 22.2 Å². The molecule has 0 bridgehead atoms. The Kier molecular flexibility index (Phi) is 6.96. The molecule has 2 rings (SSSR count). The van der Waals surface area contributed by atoms with Gasteiger partial charge in [-0.05, 0) is 66.3 Å². The summed E-state index contributed by atoms with van der Waals surface area (Å²) in [7, 11) is 1.90. The lowest BCUT2D eigenvalue weighted by Gasteiger charge is -2.15. The van der Waals surface area contributed by atoms with Crippen LogP contribution in [0.15, 0.2) is 40.2 Å². The zero-order valence-corrected chi connectivity index (χ0v) is 15.9. The maximum absolute atomic E-state index is 12.1. The van der Waals surface area contributed by atoms with E-state index in [1.54, 1.807) is 42.5 Å². The molecular weight excluding hydrogens is 392 g/mol. The molecule has 7 heteroatoms. The molecule has 5 nitrogen and oxygen atoms in total. The maximum atomic E-state index is 12.1. The molecule has 1 aromatic heterocycles. The van der Waals surface area contributed by atoms with Crippen LogP contribution < -0.4 is 5.32 Å². The number of carbonyl (C=O) groups is 2. The summed E-state index contributed by atoms with van der Waals surface area (Å²) in [5.41, 5.74) is 1.12. The van der Waals surface area contributed by atoms with Crippen molar-refractivity contribution in [2.45, 2.75) is 13.5 Å². The molecule has 0 saturated carbocycles. The fraction of sp³-hybridized carbons (Fsp3) is 0.294. The minimum absolute atomic E-state index is 0.1000. The van der Waals surface area contributed by atoms with E-state index in [-0.39, 0.29) is 18.4 Å². The van der Waals surface area contributed by atoms with Gasteiger partial charge in [-0.15, -0.1) is 11.3 Å². The van der Waals surface area contributed by atoms with Crippen LogP contribution in [0.4, 0.5) is 5.69 Å². The van der Waals surface area contributed by atoms with E-state index in [0.29, 0.717) is 24.4 Å². The number of halogens is 1. The van der Waals surface area contributed by atoms with E-state index in [1.165, 1.54) is 4.88 Å². The summed E-state index contributed by atoms with van der Waals surface area (Å²) in [6.45, 7) is 3.10. The Bertz CT molecular complexity index is 700. The van der Waals surface area contributed by atoms with Gasteiger partial charge < -0.3 is 10.1 Å². The molecule has 0 spiro atoms. The van der Waals surface area contributed by atoms with E-state index in [2.05, 4.69) is 21.2 Å². The average molecular weight is 411 g/mol. The number of nitrogens with one attached hydrogen (secondary N) is 1. The highest BCUT2D eigenvalue weighted by Crippen LogP contribution is 2.22. The van der Waals surface area contributed by atoms with Crippen LogP contribution in [-0.2, 0) is 16.1 Å². The van der Waals surface area contributed by atoms with Crippen molar-refractivity contribution in [2.75, 3.05) is 25.5 Å². The first-order valence-corrected chi connectivity index (χ1v) is 9.08. The number of benzene rings is 1. The van der Waals surface area contributed by atoms with Crippen molar-refractivity contribution >= 4 is 44.8 Å². The van der Waals surface area contributed by atoms with Gasteiger partial charge in [0, 0.05) is 17.1 Å². The molecule has 0 saturated heterocycles. The van der Waals surface area contributed by atoms with Gasteiger partial charge in [0.15, 0.2) is 0 Å². The second-order valence-corrected chi connectivity index (χ2v) is 7.77. The number of hydrogen-bond acceptors (Lipinski definition) is 5. The Labute approximate surface area is 153 Å². The quantitative estimate of drug-likeness (QED) is 0.705. The number of likely N-dealkylation sites (N-methyl/N-ethyl adjacent to an activating group) is 1. The van der Waals surface area contributed by atoms with Crippen LogP contribution >= 0.6 is 27.3 Å². The number of ether oxygens (including phenoxy) is 1. The first kappa shape index (κ1) is 18.6. The standard InChI is InChI=1S/C17H19BrN2O3S/c1-3-23-17(22)12-4-6-13(7-5-12)19-16(21)11-20(2)10-14-8-9-15(18)24-14/h4-9H,3,10-11H2,1-2H3,(H,19,21). The van der Waals surface area contributed by atoms with Crippen LogP contribution in [0.2, 0.25) is 0 Å². The lowest BCUT2D eigenvalue weighted by molar-refractivity contribution is -0.117. The molecule has 0 aliphatic rings. The number of rotatable bonds is 7. The topological polar surface area (TPSA) is 58.6 Å². The smallest absolute Gasteiger partial charge is 0.338 e. The lowest BCUT2D eigenvalue weighted by Crippen LogP contribution is -2.29. The molecule has 2 aromatic rings. The van der Waals surface area contributed by atoms with Gasteiger partial charge >= 0.3 is 5.97 Å². The number of nitrogens with zero attached hydrogens (tertiary/aromatic N) is 1. The molecule has 128 valence electrons. The minimum atomic E-state index is -0.364. The van der Waals surface area contributed by atoms with Crippen molar-refractivity contribution in [2.24, 2.45) is 0 Å². The van der Waals surface area contributed by atoms with Crippen molar-refractivity contribution in [1.82, 2.24) is 4.90 Å². The average Bonchev–Trinajstić information content (AvgIpc) is 2.92. The zero-order valence-electron chi connectivity index (χ0n) is 13.5. The van der Waals surface area contributed by atoms with Crippen LogP contribution in [-0.4, -0.2) is 37.0 Å². The second-order valence-electron chi connectivity index (χ2n) is 5.22. The van der Waals surface area contributed by atoms with Gasteiger partial charge in [0.05, 0.1) is 22.5 Å². The fourth-order valence-corrected chi connectivity index (χ4v) is 3.67. The van der Waals surface area contributed by atoms with Crippen molar-refractivity contribution in [3.05, 3.63) is 50.6 Å². The summed E-state index contributed by atoms with van der Waals surface area (Å²) in [6, 6.07) is 10.7. The summed E-state index contributed by atoms with van der Waals surface area (Å²) < 4.78 is 6.01. The summed E-state index contributed by atoms with van der Waals surface area (Å²) in [5, 5.41) is 2.82. The Morgan fingerprint density at radius 2 is 1.92 bits per heavy atom. The Hall–Kier alpha value is -1.70. The van der Waals surface area contributed by atoms with E-state index in [1.807, 2.05) is 24.1 Å². The number of anilines is 1. The first-order chi connectivity index (χ1) is 11.5. The highest BCUT2D eigenvalue weighted by Gasteiger charge is 2.10. The number of amides is 1. The van der Waals surface area contributed by atoms with Crippen LogP contribution in [0.3, 0.4) is 0 Å². The summed E-state index contributed by atoms with van der Waals surface area (Å²) in [4.78, 5) is 26.8. The minimum Gasteiger partial charge on any atom is -0.462 e. The molecule has 1 aromatic carbocycles. The first-order valence-electron chi connectivity index (χ1n) is 7.47. The van der Waals surface area contributed by atoms with E-state index in [0.717, 1.165) is 3.79 Å². The highest BCUT2D eigenvalue weighted by atomic mass is 79.9. The van der Waals surface area contributed by atoms with Crippen molar-refractivity contribution in [3.8, 4) is 0 Å². The monoisotopic (exact) mass is 410 g/mol. The molecule has 0 radical (unpaired) electrons. The van der Waals surface area contributed by atoms with Gasteiger partial charge in [0.1, 0.15) is 0 Å². The van der Waals surface area contributed by atoms with E-state index >= 15 is 0 Å². The predicted octanol–water partition coefficient (Wildman–Crippen LogP) is 3.76. The Morgan fingerprint density at radius 1 is 1.21 bits per heavy atom. The fourth-order valence-electron chi connectivity index (χ4n) is 2.11. The van der Waals surface area contributed by atoms with Crippen molar-refractivity contribution < 1.29 is 14.3 Å². The van der Waals surface area contributed by atoms with E-state index < -0.39 is 0 Å². The third-order valence-corrected chi connectivity index (χ3v) is 4.76. The van der Waals surface area contributed by atoms with Gasteiger partial charge in [-0.2, -0.15) is 0 Å². The maximum Gasteiger partial charge on any atom is 0.338 e. The Morgan fingerprint density at radius 3 is 2.50 bits per heavy atom. The number of carbonyl (C=O) groups excluding carboxylic acids is 2. The number of thiophene rings is 1. The third-order valence-electron chi connectivity index (χ3n) is 3.15. The van der Waals surface area contributed by atoms with Gasteiger partial charge in [-0.3, -0.25) is 9.69 Å². The zero-order chi connectivity index (χ0) is 17.5. The number of esters is 1. The van der Waals surface area contributed by atoms with E-state index in [4.69, 9.17) is 4.74 Å². The van der Waals surface area contributed by atoms with Gasteiger partial charge in [-0.1, -0.05) is 0 Å². The second kappa shape index (κ2) is 8.96. The lowest BCUT2D eigenvalue weighted by atomic mass is 10.2. The van der Waals surface area contributed by atoms with Crippen molar-refractivity contribution in [1.29, 1.82) is 0 Å². The van der Waals surface area contributed by atoms with Gasteiger partial charge in [-0.25, -0.2) is 4.79 Å². The molecule has 0 unspecified atom stereocenters. The Balaban J connectivity index is 1.84. The third kappa shape index (κ3) is 5.74.